The Bertz CT molecular complexity index is 673. The van der Waals surface area contributed by atoms with Gasteiger partial charge >= 0.3 is 0 Å². The molecule has 0 unspecified atom stereocenters. The van der Waals surface area contributed by atoms with E-state index in [0.29, 0.717) is 5.69 Å². The van der Waals surface area contributed by atoms with Crippen LogP contribution in [0, 0.1) is 11.3 Å². The highest BCUT2D eigenvalue weighted by Gasteiger charge is 2.17. The number of fused-ring (bicyclic) bond motifs is 1. The Morgan fingerprint density at radius 2 is 2.05 bits per heavy atom. The Kier molecular flexibility index (Phi) is 3.70. The minimum atomic E-state index is 0.429. The van der Waals surface area contributed by atoms with E-state index in [4.69, 9.17) is 5.26 Å². The highest BCUT2D eigenvalue weighted by atomic mass is 32.2. The number of aromatic nitrogens is 3. The molecule has 0 aliphatic carbocycles. The van der Waals surface area contributed by atoms with Crippen molar-refractivity contribution in [1.82, 2.24) is 15.0 Å². The molecule has 0 N–H and O–H groups in total. The molecule has 0 bridgehead atoms. The van der Waals surface area contributed by atoms with Gasteiger partial charge in [-0.15, -0.1) is 0 Å². The van der Waals surface area contributed by atoms with Gasteiger partial charge in [0.25, 0.3) is 0 Å². The zero-order valence-electron chi connectivity index (χ0n) is 11.3. The molecule has 2 aromatic rings. The van der Waals surface area contributed by atoms with Crippen LogP contribution in [-0.2, 0) is 0 Å². The number of piperidine rings is 1. The topological polar surface area (TPSA) is 65.7 Å². The lowest BCUT2D eigenvalue weighted by molar-refractivity contribution is 0.574. The van der Waals surface area contributed by atoms with Crippen molar-refractivity contribution in [2.45, 2.75) is 24.4 Å². The van der Waals surface area contributed by atoms with Gasteiger partial charge in [0.05, 0.1) is 0 Å². The van der Waals surface area contributed by atoms with Gasteiger partial charge in [0.15, 0.2) is 11.0 Å². The standard InChI is InChI=1S/C14H15N5S/c1-20-14-16-9-10-7-11(8-15)17-13(12(10)18-14)19-5-3-2-4-6-19/h7,9H,2-6H2,1H3. The molecule has 0 aromatic carbocycles. The summed E-state index contributed by atoms with van der Waals surface area (Å²) in [5.41, 5.74) is 1.28. The van der Waals surface area contributed by atoms with Crippen LogP contribution in [0.4, 0.5) is 5.82 Å². The van der Waals surface area contributed by atoms with Crippen molar-refractivity contribution >= 4 is 28.5 Å². The number of thioether (sulfide) groups is 1. The average molecular weight is 285 g/mol. The van der Waals surface area contributed by atoms with Crippen molar-refractivity contribution in [2.24, 2.45) is 0 Å². The van der Waals surface area contributed by atoms with E-state index in [-0.39, 0.29) is 0 Å². The Balaban J connectivity index is 2.17. The summed E-state index contributed by atoms with van der Waals surface area (Å²) in [6, 6.07) is 3.89. The van der Waals surface area contributed by atoms with Gasteiger partial charge in [-0.25, -0.2) is 15.0 Å². The third kappa shape index (κ3) is 2.41. The molecule has 1 fully saturated rings. The van der Waals surface area contributed by atoms with Gasteiger partial charge in [-0.05, 0) is 31.6 Å². The molecule has 1 saturated heterocycles. The average Bonchev–Trinajstić information content (AvgIpc) is 2.54. The first kappa shape index (κ1) is 13.1. The molecule has 0 saturated carbocycles. The first-order valence-corrected chi connectivity index (χ1v) is 7.91. The highest BCUT2D eigenvalue weighted by molar-refractivity contribution is 7.98. The lowest BCUT2D eigenvalue weighted by Gasteiger charge is -2.28. The predicted octanol–water partition coefficient (Wildman–Crippen LogP) is 2.61. The summed E-state index contributed by atoms with van der Waals surface area (Å²) in [5, 5.41) is 10.8. The Morgan fingerprint density at radius 3 is 2.75 bits per heavy atom. The zero-order chi connectivity index (χ0) is 13.9. The van der Waals surface area contributed by atoms with Crippen LogP contribution in [-0.4, -0.2) is 34.3 Å². The number of hydrogen-bond donors (Lipinski definition) is 0. The van der Waals surface area contributed by atoms with Crippen LogP contribution in [0.25, 0.3) is 10.9 Å². The highest BCUT2D eigenvalue weighted by Crippen LogP contribution is 2.27. The van der Waals surface area contributed by atoms with Gasteiger partial charge in [0, 0.05) is 24.7 Å². The van der Waals surface area contributed by atoms with E-state index in [9.17, 15) is 0 Å². The quantitative estimate of drug-likeness (QED) is 0.624. The fourth-order valence-electron chi connectivity index (χ4n) is 2.49. The molecule has 0 spiro atoms. The van der Waals surface area contributed by atoms with Crippen molar-refractivity contribution in [3.8, 4) is 6.07 Å². The number of rotatable bonds is 2. The van der Waals surface area contributed by atoms with E-state index in [1.165, 1.54) is 31.0 Å². The molecular weight excluding hydrogens is 270 g/mol. The van der Waals surface area contributed by atoms with Crippen LogP contribution < -0.4 is 4.90 Å². The van der Waals surface area contributed by atoms with Gasteiger partial charge in [-0.3, -0.25) is 0 Å². The molecule has 3 rings (SSSR count). The summed E-state index contributed by atoms with van der Waals surface area (Å²) in [7, 11) is 0. The number of nitrogens with zero attached hydrogens (tertiary/aromatic N) is 5. The SMILES string of the molecule is CSc1ncc2cc(C#N)nc(N3CCCCC3)c2n1. The Labute approximate surface area is 122 Å². The van der Waals surface area contributed by atoms with Crippen LogP contribution >= 0.6 is 11.8 Å². The molecule has 102 valence electrons. The minimum absolute atomic E-state index is 0.429. The summed E-state index contributed by atoms with van der Waals surface area (Å²) in [4.78, 5) is 15.6. The van der Waals surface area contributed by atoms with Crippen LogP contribution in [0.5, 0.6) is 0 Å². The largest absolute Gasteiger partial charge is 0.355 e. The predicted molar refractivity (Wildman–Crippen MR) is 79.9 cm³/mol. The first-order valence-electron chi connectivity index (χ1n) is 6.68. The van der Waals surface area contributed by atoms with Gasteiger partial charge < -0.3 is 4.90 Å². The minimum Gasteiger partial charge on any atom is -0.355 e. The monoisotopic (exact) mass is 285 g/mol. The maximum absolute atomic E-state index is 9.14. The van der Waals surface area contributed by atoms with Crippen LogP contribution in [0.3, 0.4) is 0 Å². The van der Waals surface area contributed by atoms with Crippen LogP contribution in [0.15, 0.2) is 17.4 Å². The van der Waals surface area contributed by atoms with E-state index >= 15 is 0 Å². The smallest absolute Gasteiger partial charge is 0.187 e. The molecule has 0 radical (unpaired) electrons. The van der Waals surface area contributed by atoms with E-state index in [1.54, 1.807) is 12.3 Å². The third-order valence-corrected chi connectivity index (χ3v) is 4.04. The van der Waals surface area contributed by atoms with Gasteiger partial charge in [-0.1, -0.05) is 11.8 Å². The molecule has 5 nitrogen and oxygen atoms in total. The van der Waals surface area contributed by atoms with Crippen molar-refractivity contribution in [3.63, 3.8) is 0 Å². The second-order valence-electron chi connectivity index (χ2n) is 4.79. The lowest BCUT2D eigenvalue weighted by atomic mass is 10.1. The van der Waals surface area contributed by atoms with Crippen molar-refractivity contribution in [1.29, 1.82) is 5.26 Å². The maximum Gasteiger partial charge on any atom is 0.187 e. The Morgan fingerprint density at radius 1 is 1.25 bits per heavy atom. The van der Waals surface area contributed by atoms with E-state index in [1.807, 2.05) is 6.26 Å². The van der Waals surface area contributed by atoms with Crippen molar-refractivity contribution < 1.29 is 0 Å². The number of anilines is 1. The second-order valence-corrected chi connectivity index (χ2v) is 5.56. The lowest BCUT2D eigenvalue weighted by Crippen LogP contribution is -2.30. The van der Waals surface area contributed by atoms with E-state index in [0.717, 1.165) is 35.0 Å². The fourth-order valence-corrected chi connectivity index (χ4v) is 2.83. The van der Waals surface area contributed by atoms with Crippen molar-refractivity contribution in [2.75, 3.05) is 24.2 Å². The summed E-state index contributed by atoms with van der Waals surface area (Å²) >= 11 is 1.52. The first-order chi connectivity index (χ1) is 9.81. The summed E-state index contributed by atoms with van der Waals surface area (Å²) in [6.07, 6.45) is 7.33. The van der Waals surface area contributed by atoms with E-state index < -0.39 is 0 Å². The third-order valence-electron chi connectivity index (χ3n) is 3.48. The number of pyridine rings is 1. The van der Waals surface area contributed by atoms with Gasteiger partial charge in [-0.2, -0.15) is 5.26 Å². The Hall–Kier alpha value is -1.87. The van der Waals surface area contributed by atoms with E-state index in [2.05, 4.69) is 25.9 Å². The number of hydrogen-bond acceptors (Lipinski definition) is 6. The second kappa shape index (κ2) is 5.63. The molecular formula is C14H15N5S. The molecule has 3 heterocycles. The van der Waals surface area contributed by atoms with Gasteiger partial charge in [0.1, 0.15) is 17.3 Å². The molecule has 1 aliphatic heterocycles. The molecule has 0 atom stereocenters. The maximum atomic E-state index is 9.14. The number of nitriles is 1. The summed E-state index contributed by atoms with van der Waals surface area (Å²) < 4.78 is 0. The summed E-state index contributed by atoms with van der Waals surface area (Å²) in [6.45, 7) is 1.96. The van der Waals surface area contributed by atoms with Crippen LogP contribution in [0.2, 0.25) is 0 Å². The summed E-state index contributed by atoms with van der Waals surface area (Å²) in [5.74, 6) is 0.830. The normalized spacial score (nSPS) is 15.3. The molecule has 6 heteroatoms. The zero-order valence-corrected chi connectivity index (χ0v) is 12.2. The van der Waals surface area contributed by atoms with Gasteiger partial charge in [0.2, 0.25) is 0 Å². The van der Waals surface area contributed by atoms with Crippen LogP contribution in [0.1, 0.15) is 25.0 Å². The molecule has 0 amide bonds. The van der Waals surface area contributed by atoms with Crippen molar-refractivity contribution in [3.05, 3.63) is 18.0 Å². The molecule has 20 heavy (non-hydrogen) atoms. The fraction of sp³-hybridized carbons (Fsp3) is 0.429. The molecule has 1 aliphatic rings. The molecule has 2 aromatic heterocycles.